The largest absolute Gasteiger partial charge is 0.507 e. The van der Waals surface area contributed by atoms with Crippen molar-refractivity contribution in [3.05, 3.63) is 69.2 Å². The number of thiazole rings is 1. The summed E-state index contributed by atoms with van der Waals surface area (Å²) in [6, 6.07) is 8.74. The van der Waals surface area contributed by atoms with E-state index in [-0.39, 0.29) is 27.9 Å². The van der Waals surface area contributed by atoms with Gasteiger partial charge in [-0.05, 0) is 56.7 Å². The highest BCUT2D eigenvalue weighted by Crippen LogP contribution is 2.47. The minimum Gasteiger partial charge on any atom is -0.507 e. The third kappa shape index (κ3) is 4.92. The van der Waals surface area contributed by atoms with Gasteiger partial charge in [-0.3, -0.25) is 14.5 Å². The van der Waals surface area contributed by atoms with Gasteiger partial charge in [0.2, 0.25) is 0 Å². The third-order valence-corrected chi connectivity index (χ3v) is 7.44. The van der Waals surface area contributed by atoms with Gasteiger partial charge >= 0.3 is 11.9 Å². The minimum absolute atomic E-state index is 0.102. The fourth-order valence-electron chi connectivity index (χ4n) is 4.42. The van der Waals surface area contributed by atoms with E-state index in [0.717, 1.165) is 16.9 Å². The Morgan fingerprint density at radius 2 is 1.74 bits per heavy atom. The minimum atomic E-state index is -1.12. The molecule has 1 aliphatic rings. The van der Waals surface area contributed by atoms with Gasteiger partial charge in [0.25, 0.3) is 5.78 Å². The predicted molar refractivity (Wildman–Crippen MR) is 145 cm³/mol. The van der Waals surface area contributed by atoms with Gasteiger partial charge in [-0.25, -0.2) is 9.78 Å². The van der Waals surface area contributed by atoms with Crippen LogP contribution in [0, 0.1) is 13.8 Å². The Hall–Kier alpha value is -4.38. The van der Waals surface area contributed by atoms with Crippen LogP contribution in [-0.4, -0.2) is 55.7 Å². The fraction of sp³-hybridized carbons (Fsp3) is 0.286. The van der Waals surface area contributed by atoms with Crippen molar-refractivity contribution >= 4 is 39.9 Å². The molecule has 1 aliphatic heterocycles. The third-order valence-electron chi connectivity index (χ3n) is 6.30. The van der Waals surface area contributed by atoms with Crippen LogP contribution in [0.2, 0.25) is 0 Å². The second kappa shape index (κ2) is 11.2. The lowest BCUT2D eigenvalue weighted by Gasteiger charge is -2.25. The number of amides is 1. The molecule has 11 heteroatoms. The van der Waals surface area contributed by atoms with E-state index in [9.17, 15) is 19.5 Å². The molecule has 39 heavy (non-hydrogen) atoms. The van der Waals surface area contributed by atoms with Crippen LogP contribution in [0.25, 0.3) is 5.76 Å². The van der Waals surface area contributed by atoms with E-state index in [4.69, 9.17) is 18.9 Å². The lowest BCUT2D eigenvalue weighted by Crippen LogP contribution is -2.29. The first-order valence-corrected chi connectivity index (χ1v) is 12.8. The van der Waals surface area contributed by atoms with Crippen LogP contribution < -0.4 is 19.1 Å². The van der Waals surface area contributed by atoms with Crippen molar-refractivity contribution in [2.45, 2.75) is 26.8 Å². The highest BCUT2D eigenvalue weighted by molar-refractivity contribution is 7.17. The Kier molecular flexibility index (Phi) is 7.91. The number of nitrogens with zero attached hydrogens (tertiary/aromatic N) is 2. The van der Waals surface area contributed by atoms with E-state index in [0.29, 0.717) is 34.1 Å². The zero-order valence-corrected chi connectivity index (χ0v) is 23.2. The molecule has 0 aliphatic carbocycles. The summed E-state index contributed by atoms with van der Waals surface area (Å²) in [5.41, 5.74) is 1.66. The number of benzene rings is 2. The van der Waals surface area contributed by atoms with E-state index >= 15 is 0 Å². The highest BCUT2D eigenvalue weighted by atomic mass is 32.1. The molecule has 1 atom stereocenters. The van der Waals surface area contributed by atoms with Gasteiger partial charge in [-0.2, -0.15) is 0 Å². The molecule has 3 aromatic rings. The van der Waals surface area contributed by atoms with E-state index in [1.165, 1.54) is 26.2 Å². The number of carbonyl (C=O) groups excluding carboxylic acids is 3. The lowest BCUT2D eigenvalue weighted by molar-refractivity contribution is -0.132. The lowest BCUT2D eigenvalue weighted by atomic mass is 9.94. The zero-order chi connectivity index (χ0) is 28.4. The van der Waals surface area contributed by atoms with Gasteiger partial charge in [0.05, 0.1) is 39.2 Å². The van der Waals surface area contributed by atoms with Gasteiger partial charge in [0, 0.05) is 17.2 Å². The Bertz CT molecular complexity index is 1490. The molecule has 0 radical (unpaired) electrons. The maximum absolute atomic E-state index is 13.5. The van der Waals surface area contributed by atoms with E-state index in [2.05, 4.69) is 4.98 Å². The number of ether oxygens (including phenoxy) is 4. The SMILES string of the molecule is CCOC(=O)c1sc(N2C(=O)C(=O)/C(=C(/O)c3ccc(OC)c(C)c3)[C@@H]2c2ccc(OC)cc2OC)nc1C. The van der Waals surface area contributed by atoms with Gasteiger partial charge in [-0.1, -0.05) is 11.3 Å². The molecule has 0 spiro atoms. The fourth-order valence-corrected chi connectivity index (χ4v) is 5.41. The van der Waals surface area contributed by atoms with Crippen molar-refractivity contribution in [1.29, 1.82) is 0 Å². The van der Waals surface area contributed by atoms with Crippen molar-refractivity contribution in [3.8, 4) is 17.2 Å². The van der Waals surface area contributed by atoms with Crippen LogP contribution in [0.1, 0.15) is 45.0 Å². The van der Waals surface area contributed by atoms with Crippen molar-refractivity contribution < 1.29 is 38.4 Å². The number of esters is 1. The molecule has 2 aromatic carbocycles. The van der Waals surface area contributed by atoms with Gasteiger partial charge in [0.1, 0.15) is 33.9 Å². The van der Waals surface area contributed by atoms with E-state index in [1.54, 1.807) is 57.2 Å². The monoisotopic (exact) mass is 552 g/mol. The molecule has 1 N–H and O–H groups in total. The molecule has 2 heterocycles. The van der Waals surface area contributed by atoms with Crippen LogP contribution >= 0.6 is 11.3 Å². The van der Waals surface area contributed by atoms with Crippen LogP contribution in [-0.2, 0) is 14.3 Å². The topological polar surface area (TPSA) is 124 Å². The summed E-state index contributed by atoms with van der Waals surface area (Å²) in [4.78, 5) is 45.4. The van der Waals surface area contributed by atoms with Crippen molar-refractivity contribution in [3.63, 3.8) is 0 Å². The molecule has 0 bridgehead atoms. The normalized spacial score (nSPS) is 16.4. The van der Waals surface area contributed by atoms with Gasteiger partial charge in [0.15, 0.2) is 5.13 Å². The van der Waals surface area contributed by atoms with E-state index in [1.807, 2.05) is 0 Å². The molecule has 0 saturated carbocycles. The second-order valence-corrected chi connectivity index (χ2v) is 9.57. The second-order valence-electron chi connectivity index (χ2n) is 8.59. The van der Waals surface area contributed by atoms with Crippen molar-refractivity contribution in [2.24, 2.45) is 0 Å². The van der Waals surface area contributed by atoms with Crippen LogP contribution in [0.5, 0.6) is 17.2 Å². The van der Waals surface area contributed by atoms with E-state index < -0.39 is 23.7 Å². The molecule has 1 fully saturated rings. The number of aliphatic hydroxyl groups excluding tert-OH is 1. The maximum Gasteiger partial charge on any atom is 0.350 e. The number of aryl methyl sites for hydroxylation is 2. The number of rotatable bonds is 8. The molecule has 0 unspecified atom stereocenters. The number of Topliss-reactive ketones (excluding diaryl/α,β-unsaturated/α-hetero) is 1. The molecule has 1 saturated heterocycles. The standard InChI is InChI=1S/C28H28N2O8S/c1-7-38-27(34)25-15(3)29-28(39-25)30-22(18-10-9-17(35-4)13-20(18)37-6)21(24(32)26(30)33)23(31)16-8-11-19(36-5)14(2)12-16/h8-13,22,31H,7H2,1-6H3/b23-21+/t22-/m0/s1. The first-order valence-electron chi connectivity index (χ1n) is 12.0. The summed E-state index contributed by atoms with van der Waals surface area (Å²) >= 11 is 0.928. The van der Waals surface area contributed by atoms with Crippen LogP contribution in [0.3, 0.4) is 0 Å². The first-order chi connectivity index (χ1) is 18.7. The Morgan fingerprint density at radius 1 is 1.03 bits per heavy atom. The number of hydrogen-bond acceptors (Lipinski definition) is 10. The molecule has 204 valence electrons. The summed E-state index contributed by atoms with van der Waals surface area (Å²) in [6.45, 7) is 5.27. The Morgan fingerprint density at radius 3 is 2.36 bits per heavy atom. The molecule has 1 amide bonds. The number of aromatic nitrogens is 1. The summed E-state index contributed by atoms with van der Waals surface area (Å²) in [5, 5.41) is 11.6. The number of carbonyl (C=O) groups is 3. The smallest absolute Gasteiger partial charge is 0.350 e. The van der Waals surface area contributed by atoms with Crippen LogP contribution in [0.15, 0.2) is 42.0 Å². The maximum atomic E-state index is 13.5. The molecule has 4 rings (SSSR count). The first kappa shape index (κ1) is 27.6. The molecular weight excluding hydrogens is 524 g/mol. The highest BCUT2D eigenvalue weighted by Gasteiger charge is 2.49. The number of hydrogen-bond donors (Lipinski definition) is 1. The molecule has 10 nitrogen and oxygen atoms in total. The predicted octanol–water partition coefficient (Wildman–Crippen LogP) is 4.59. The molecule has 1 aromatic heterocycles. The number of anilines is 1. The zero-order valence-electron chi connectivity index (χ0n) is 22.4. The summed E-state index contributed by atoms with van der Waals surface area (Å²) < 4.78 is 21.3. The summed E-state index contributed by atoms with van der Waals surface area (Å²) in [5.74, 6) is -1.35. The molecular formula is C28H28N2O8S. The van der Waals surface area contributed by atoms with Crippen molar-refractivity contribution in [1.82, 2.24) is 4.98 Å². The Balaban J connectivity index is 1.97. The van der Waals surface area contributed by atoms with Gasteiger partial charge in [-0.15, -0.1) is 0 Å². The summed E-state index contributed by atoms with van der Waals surface area (Å²) in [6.07, 6.45) is 0. The average molecular weight is 553 g/mol. The van der Waals surface area contributed by atoms with Crippen LogP contribution in [0.4, 0.5) is 5.13 Å². The summed E-state index contributed by atoms with van der Waals surface area (Å²) in [7, 11) is 4.48. The van der Waals surface area contributed by atoms with Gasteiger partial charge < -0.3 is 24.1 Å². The number of ketones is 1. The number of methoxy groups -OCH3 is 3. The quantitative estimate of drug-likeness (QED) is 0.185. The number of aliphatic hydroxyl groups is 1. The Labute approximate surface area is 229 Å². The average Bonchev–Trinajstić information content (AvgIpc) is 3.44. The van der Waals surface area contributed by atoms with Crippen molar-refractivity contribution in [2.75, 3.05) is 32.8 Å².